The molecule has 0 bridgehead atoms. The summed E-state index contributed by atoms with van der Waals surface area (Å²) in [6, 6.07) is 18.0. The third kappa shape index (κ3) is 5.30. The number of nitrogens with one attached hydrogen (secondary N) is 4. The number of aromatic amines is 1. The lowest BCUT2D eigenvalue weighted by molar-refractivity contribution is -0.119. The quantitative estimate of drug-likeness (QED) is 0.297. The Hall–Kier alpha value is -4.66. The molecule has 1 aromatic heterocycles. The number of hydrogen-bond donors (Lipinski definition) is 4. The Kier molecular flexibility index (Phi) is 6.59. The fourth-order valence-corrected chi connectivity index (χ4v) is 4.50. The molecule has 9 heteroatoms. The number of hydrogen-bond acceptors (Lipinski definition) is 3. The van der Waals surface area contributed by atoms with Crippen molar-refractivity contribution in [2.45, 2.75) is 13.3 Å². The molecule has 3 aromatic carbocycles. The molecule has 1 aliphatic rings. The van der Waals surface area contributed by atoms with Crippen molar-refractivity contribution < 1.29 is 18.8 Å². The molecule has 5 rings (SSSR count). The molecule has 8 nitrogen and oxygen atoms in total. The minimum atomic E-state index is -0.480. The highest BCUT2D eigenvalue weighted by Gasteiger charge is 2.32. The molecule has 0 saturated carbocycles. The van der Waals surface area contributed by atoms with Crippen LogP contribution in [0.25, 0.3) is 10.9 Å². The Labute approximate surface area is 212 Å². The first-order valence-electron chi connectivity index (χ1n) is 12.0. The molecule has 4 N–H and O–H groups in total. The monoisotopic (exact) mass is 499 g/mol. The van der Waals surface area contributed by atoms with Gasteiger partial charge in [-0.2, -0.15) is 0 Å². The Morgan fingerprint density at radius 1 is 0.946 bits per heavy atom. The molecule has 1 fully saturated rings. The molecule has 4 amide bonds. The summed E-state index contributed by atoms with van der Waals surface area (Å²) in [5.41, 5.74) is 3.86. The first-order valence-corrected chi connectivity index (χ1v) is 12.0. The van der Waals surface area contributed by atoms with Gasteiger partial charge in [0.1, 0.15) is 5.82 Å². The van der Waals surface area contributed by atoms with Crippen LogP contribution in [-0.4, -0.2) is 40.8 Å². The van der Waals surface area contributed by atoms with Crippen LogP contribution in [0.3, 0.4) is 0 Å². The molecule has 1 aliphatic heterocycles. The van der Waals surface area contributed by atoms with E-state index in [0.717, 1.165) is 5.56 Å². The normalized spacial score (nSPS) is 15.0. The Morgan fingerprint density at radius 3 is 2.43 bits per heavy atom. The van der Waals surface area contributed by atoms with Gasteiger partial charge < -0.3 is 25.8 Å². The zero-order valence-electron chi connectivity index (χ0n) is 20.2. The number of fused-ring (bicyclic) bond motifs is 1. The van der Waals surface area contributed by atoms with Gasteiger partial charge in [-0.15, -0.1) is 0 Å². The van der Waals surface area contributed by atoms with Gasteiger partial charge in [0.15, 0.2) is 0 Å². The molecule has 0 spiro atoms. The average Bonchev–Trinajstić information content (AvgIpc) is 3.53. The van der Waals surface area contributed by atoms with Crippen molar-refractivity contribution in [2.75, 3.05) is 29.0 Å². The second-order valence-corrected chi connectivity index (χ2v) is 9.09. The van der Waals surface area contributed by atoms with Crippen molar-refractivity contribution in [3.8, 4) is 0 Å². The number of halogens is 1. The number of carbonyl (C=O) groups is 3. The maximum Gasteiger partial charge on any atom is 0.323 e. The van der Waals surface area contributed by atoms with E-state index in [1.165, 1.54) is 12.1 Å². The van der Waals surface area contributed by atoms with Crippen LogP contribution in [0.15, 0.2) is 72.9 Å². The van der Waals surface area contributed by atoms with Crippen molar-refractivity contribution in [3.05, 3.63) is 89.9 Å². The van der Waals surface area contributed by atoms with Gasteiger partial charge in [-0.1, -0.05) is 18.2 Å². The van der Waals surface area contributed by atoms with Crippen LogP contribution in [0.1, 0.15) is 22.3 Å². The topological polar surface area (TPSA) is 106 Å². The predicted octanol–water partition coefficient (Wildman–Crippen LogP) is 5.36. The van der Waals surface area contributed by atoms with Crippen LogP contribution in [0.2, 0.25) is 0 Å². The van der Waals surface area contributed by atoms with Crippen molar-refractivity contribution in [2.24, 2.45) is 5.92 Å². The lowest BCUT2D eigenvalue weighted by Crippen LogP contribution is -2.31. The molecule has 188 valence electrons. The minimum absolute atomic E-state index is 0.0557. The summed E-state index contributed by atoms with van der Waals surface area (Å²) in [5, 5.41) is 8.88. The Morgan fingerprint density at radius 2 is 1.68 bits per heavy atom. The van der Waals surface area contributed by atoms with E-state index in [1.807, 2.05) is 25.1 Å². The number of carbonyl (C=O) groups excluding carboxylic acids is 3. The second kappa shape index (κ2) is 10.1. The molecular formula is C28H26FN5O3. The van der Waals surface area contributed by atoms with Gasteiger partial charge in [0.2, 0.25) is 5.91 Å². The van der Waals surface area contributed by atoms with Gasteiger partial charge in [0.25, 0.3) is 5.91 Å². The third-order valence-electron chi connectivity index (χ3n) is 6.52. The molecule has 4 aromatic rings. The van der Waals surface area contributed by atoms with E-state index in [2.05, 4.69) is 20.9 Å². The van der Waals surface area contributed by atoms with Crippen LogP contribution in [0.4, 0.5) is 26.2 Å². The maximum atomic E-state index is 13.6. The van der Waals surface area contributed by atoms with Crippen LogP contribution < -0.4 is 16.0 Å². The molecule has 1 saturated heterocycles. The molecular weight excluding hydrogens is 473 g/mol. The fourth-order valence-electron chi connectivity index (χ4n) is 4.50. The van der Waals surface area contributed by atoms with Gasteiger partial charge in [-0.3, -0.25) is 9.59 Å². The van der Waals surface area contributed by atoms with Gasteiger partial charge in [-0.25, -0.2) is 9.18 Å². The fraction of sp³-hybridized carbons (Fsp3) is 0.179. The van der Waals surface area contributed by atoms with Gasteiger partial charge in [0.05, 0.1) is 11.6 Å². The van der Waals surface area contributed by atoms with Crippen molar-refractivity contribution in [3.63, 3.8) is 0 Å². The zero-order valence-corrected chi connectivity index (χ0v) is 20.2. The highest BCUT2D eigenvalue weighted by molar-refractivity contribution is 6.06. The third-order valence-corrected chi connectivity index (χ3v) is 6.52. The maximum absolute atomic E-state index is 13.6. The summed E-state index contributed by atoms with van der Waals surface area (Å²) >= 11 is 0. The van der Waals surface area contributed by atoms with Crippen LogP contribution in [-0.2, 0) is 4.79 Å². The lowest BCUT2D eigenvalue weighted by atomic mass is 10.1. The van der Waals surface area contributed by atoms with E-state index in [0.29, 0.717) is 53.0 Å². The molecule has 1 unspecified atom stereocenters. The average molecular weight is 500 g/mol. The predicted molar refractivity (Wildman–Crippen MR) is 141 cm³/mol. The summed E-state index contributed by atoms with van der Waals surface area (Å²) in [6.45, 7) is 2.81. The van der Waals surface area contributed by atoms with Crippen LogP contribution in [0.5, 0.6) is 0 Å². The lowest BCUT2D eigenvalue weighted by Gasteiger charge is -2.18. The van der Waals surface area contributed by atoms with Gasteiger partial charge in [0, 0.05) is 47.1 Å². The van der Waals surface area contributed by atoms with E-state index >= 15 is 0 Å². The first kappa shape index (κ1) is 24.1. The van der Waals surface area contributed by atoms with E-state index in [-0.39, 0.29) is 17.7 Å². The standard InChI is InChI=1S/C28H26FN5O3/c1-17-4-2-3-5-22(17)27(36)34-13-12-18(16-34)26(35)31-20-7-9-21(10-8-20)32-28(37)33-25-15-30-24-11-6-19(29)14-23(24)25/h2-11,14-15,18,30H,12-13,16H2,1H3,(H,31,35)(H2,32,33,37). The summed E-state index contributed by atoms with van der Waals surface area (Å²) in [7, 11) is 0. The zero-order chi connectivity index (χ0) is 25.9. The van der Waals surface area contributed by atoms with Crippen LogP contribution in [0, 0.1) is 18.7 Å². The first-order chi connectivity index (χ1) is 17.9. The number of aryl methyl sites for hydroxylation is 1. The van der Waals surface area contributed by atoms with Gasteiger partial charge >= 0.3 is 6.03 Å². The van der Waals surface area contributed by atoms with Crippen LogP contribution >= 0.6 is 0 Å². The number of amides is 4. The van der Waals surface area contributed by atoms with E-state index in [4.69, 9.17) is 0 Å². The smallest absolute Gasteiger partial charge is 0.323 e. The summed E-state index contributed by atoms with van der Waals surface area (Å²) in [5.74, 6) is -0.890. The molecule has 2 heterocycles. The second-order valence-electron chi connectivity index (χ2n) is 9.09. The number of nitrogens with zero attached hydrogens (tertiary/aromatic N) is 1. The molecule has 0 radical (unpaired) electrons. The molecule has 37 heavy (non-hydrogen) atoms. The van der Waals surface area contributed by atoms with E-state index in [1.54, 1.807) is 47.5 Å². The number of likely N-dealkylation sites (tertiary alicyclic amines) is 1. The SMILES string of the molecule is Cc1ccccc1C(=O)N1CCC(C(=O)Nc2ccc(NC(=O)Nc3c[nH]c4ccc(F)cc34)cc2)C1. The molecule has 1 atom stereocenters. The highest BCUT2D eigenvalue weighted by atomic mass is 19.1. The van der Waals surface area contributed by atoms with E-state index in [9.17, 15) is 18.8 Å². The largest absolute Gasteiger partial charge is 0.359 e. The number of benzene rings is 3. The Bertz CT molecular complexity index is 1480. The number of aromatic nitrogens is 1. The molecule has 0 aliphatic carbocycles. The van der Waals surface area contributed by atoms with Crippen molar-refractivity contribution in [1.82, 2.24) is 9.88 Å². The summed E-state index contributed by atoms with van der Waals surface area (Å²) in [4.78, 5) is 42.8. The van der Waals surface area contributed by atoms with Crippen molar-refractivity contribution in [1.29, 1.82) is 0 Å². The van der Waals surface area contributed by atoms with Gasteiger partial charge in [-0.05, 0) is 67.4 Å². The Balaban J connectivity index is 1.14. The minimum Gasteiger partial charge on any atom is -0.359 e. The number of H-pyrrole nitrogens is 1. The highest BCUT2D eigenvalue weighted by Crippen LogP contribution is 2.25. The van der Waals surface area contributed by atoms with Crippen molar-refractivity contribution >= 4 is 45.8 Å². The number of urea groups is 1. The number of rotatable bonds is 5. The summed E-state index contributed by atoms with van der Waals surface area (Å²) < 4.78 is 13.6. The van der Waals surface area contributed by atoms with E-state index < -0.39 is 11.8 Å². The summed E-state index contributed by atoms with van der Waals surface area (Å²) in [6.07, 6.45) is 2.20. The number of anilines is 3.